The fourth-order valence-corrected chi connectivity index (χ4v) is 2.53. The molecule has 90 valence electrons. The van der Waals surface area contributed by atoms with Crippen LogP contribution >= 0.6 is 26.6 Å². The Kier molecular flexibility index (Phi) is 4.58. The minimum absolute atomic E-state index is 0.253. The van der Waals surface area contributed by atoms with E-state index in [1.165, 1.54) is 0 Å². The summed E-state index contributed by atoms with van der Waals surface area (Å²) >= 11 is 3.09. The van der Waals surface area contributed by atoms with E-state index in [1.807, 2.05) is 6.92 Å². The summed E-state index contributed by atoms with van der Waals surface area (Å²) in [5.41, 5.74) is 0. The van der Waals surface area contributed by atoms with Gasteiger partial charge in [0, 0.05) is 16.7 Å². The molecule has 0 aliphatic rings. The summed E-state index contributed by atoms with van der Waals surface area (Å²) in [5, 5.41) is 0. The van der Waals surface area contributed by atoms with Gasteiger partial charge in [-0.3, -0.25) is 0 Å². The van der Waals surface area contributed by atoms with Gasteiger partial charge in [0.05, 0.1) is 11.1 Å². The topological polar surface area (TPSA) is 43.4 Å². The Morgan fingerprint density at radius 2 is 2.12 bits per heavy atom. The number of hydrogen-bond donors (Lipinski definition) is 0. The first-order chi connectivity index (χ1) is 7.36. The van der Waals surface area contributed by atoms with Gasteiger partial charge in [-0.05, 0) is 28.4 Å². The van der Waals surface area contributed by atoms with Crippen molar-refractivity contribution < 1.29 is 17.5 Å². The molecule has 0 fully saturated rings. The third-order valence-electron chi connectivity index (χ3n) is 1.71. The van der Waals surface area contributed by atoms with Gasteiger partial charge in [-0.25, -0.2) is 12.8 Å². The lowest BCUT2D eigenvalue weighted by molar-refractivity contribution is 0.313. The average Bonchev–Trinajstić information content (AvgIpc) is 2.17. The SMILES string of the molecule is CCCOc1cc(F)c(S(=O)(=O)Cl)cc1Br. The van der Waals surface area contributed by atoms with Gasteiger partial charge < -0.3 is 4.74 Å². The van der Waals surface area contributed by atoms with Crippen molar-refractivity contribution >= 4 is 35.7 Å². The first-order valence-electron chi connectivity index (χ1n) is 4.42. The molecular formula is C9H9BrClFO3S. The van der Waals surface area contributed by atoms with Crippen LogP contribution in [0.4, 0.5) is 4.39 Å². The van der Waals surface area contributed by atoms with E-state index in [9.17, 15) is 12.8 Å². The van der Waals surface area contributed by atoms with Crippen LogP contribution in [-0.4, -0.2) is 15.0 Å². The first kappa shape index (κ1) is 13.7. The molecular weight excluding hydrogens is 323 g/mol. The molecule has 0 saturated heterocycles. The van der Waals surface area contributed by atoms with E-state index in [0.29, 0.717) is 11.1 Å². The molecule has 16 heavy (non-hydrogen) atoms. The highest BCUT2D eigenvalue weighted by atomic mass is 79.9. The highest BCUT2D eigenvalue weighted by Crippen LogP contribution is 2.31. The zero-order chi connectivity index (χ0) is 12.3. The monoisotopic (exact) mass is 330 g/mol. The second-order valence-corrected chi connectivity index (χ2v) is 6.39. The predicted molar refractivity (Wildman–Crippen MR) is 62.9 cm³/mol. The number of hydrogen-bond acceptors (Lipinski definition) is 3. The maximum Gasteiger partial charge on any atom is 0.264 e. The largest absolute Gasteiger partial charge is 0.492 e. The summed E-state index contributed by atoms with van der Waals surface area (Å²) in [6.45, 7) is 2.33. The zero-order valence-electron chi connectivity index (χ0n) is 8.34. The van der Waals surface area contributed by atoms with Gasteiger partial charge in [0.2, 0.25) is 0 Å². The summed E-state index contributed by atoms with van der Waals surface area (Å²) < 4.78 is 40.9. The van der Waals surface area contributed by atoms with Crippen molar-refractivity contribution in [3.63, 3.8) is 0 Å². The molecule has 0 N–H and O–H groups in total. The van der Waals surface area contributed by atoms with Crippen LogP contribution in [0, 0.1) is 5.82 Å². The highest BCUT2D eigenvalue weighted by molar-refractivity contribution is 9.10. The molecule has 0 amide bonds. The molecule has 0 aliphatic carbocycles. The van der Waals surface area contributed by atoms with Crippen molar-refractivity contribution in [3.05, 3.63) is 22.4 Å². The third kappa shape index (κ3) is 3.33. The Balaban J connectivity index is 3.17. The number of ether oxygens (including phenoxy) is 1. The summed E-state index contributed by atoms with van der Waals surface area (Å²) in [7, 11) is 0.981. The minimum Gasteiger partial charge on any atom is -0.492 e. The molecule has 0 bridgehead atoms. The van der Waals surface area contributed by atoms with Crippen molar-refractivity contribution in [2.45, 2.75) is 18.2 Å². The van der Waals surface area contributed by atoms with E-state index < -0.39 is 19.8 Å². The zero-order valence-corrected chi connectivity index (χ0v) is 11.5. The molecule has 0 heterocycles. The molecule has 3 nitrogen and oxygen atoms in total. The van der Waals surface area contributed by atoms with Crippen LogP contribution in [0.25, 0.3) is 0 Å². The summed E-state index contributed by atoms with van der Waals surface area (Å²) in [5.74, 6) is -0.673. The van der Waals surface area contributed by atoms with E-state index in [1.54, 1.807) is 0 Å². The van der Waals surface area contributed by atoms with Crippen LogP contribution in [0.1, 0.15) is 13.3 Å². The van der Waals surface area contributed by atoms with Gasteiger partial charge in [0.1, 0.15) is 16.5 Å². The van der Waals surface area contributed by atoms with Gasteiger partial charge in [0.25, 0.3) is 9.05 Å². The predicted octanol–water partition coefficient (Wildman–Crippen LogP) is 3.30. The van der Waals surface area contributed by atoms with Crippen LogP contribution in [0.2, 0.25) is 0 Å². The van der Waals surface area contributed by atoms with E-state index in [2.05, 4.69) is 15.9 Å². The normalized spacial score (nSPS) is 11.5. The average molecular weight is 332 g/mol. The molecule has 0 spiro atoms. The van der Waals surface area contributed by atoms with Crippen LogP contribution in [0.15, 0.2) is 21.5 Å². The molecule has 1 aromatic carbocycles. The number of benzene rings is 1. The van der Waals surface area contributed by atoms with E-state index in [0.717, 1.165) is 18.6 Å². The van der Waals surface area contributed by atoms with Gasteiger partial charge in [-0.2, -0.15) is 0 Å². The summed E-state index contributed by atoms with van der Waals surface area (Å²) in [4.78, 5) is -0.565. The quantitative estimate of drug-likeness (QED) is 0.795. The Bertz CT molecular complexity index is 490. The highest BCUT2D eigenvalue weighted by Gasteiger charge is 2.19. The molecule has 0 saturated carbocycles. The molecule has 0 aromatic heterocycles. The molecule has 0 radical (unpaired) electrons. The lowest BCUT2D eigenvalue weighted by Gasteiger charge is -2.08. The van der Waals surface area contributed by atoms with E-state index in [4.69, 9.17) is 15.4 Å². The molecule has 0 atom stereocenters. The Morgan fingerprint density at radius 3 is 2.62 bits per heavy atom. The Labute approximate surface area is 106 Å². The van der Waals surface area contributed by atoms with Crippen LogP contribution in [0.5, 0.6) is 5.75 Å². The van der Waals surface area contributed by atoms with E-state index >= 15 is 0 Å². The van der Waals surface area contributed by atoms with Crippen LogP contribution < -0.4 is 4.74 Å². The van der Waals surface area contributed by atoms with Gasteiger partial charge in [-0.1, -0.05) is 6.92 Å². The van der Waals surface area contributed by atoms with Crippen molar-refractivity contribution in [1.29, 1.82) is 0 Å². The fraction of sp³-hybridized carbons (Fsp3) is 0.333. The minimum atomic E-state index is -4.08. The standard InChI is InChI=1S/C9H9BrClFO3S/c1-2-3-15-8-5-7(12)9(4-6(8)10)16(11,13)14/h4-5H,2-3H2,1H3. The van der Waals surface area contributed by atoms with Crippen LogP contribution in [0.3, 0.4) is 0 Å². The lowest BCUT2D eigenvalue weighted by Crippen LogP contribution is -2.00. The molecule has 7 heteroatoms. The Hall–Kier alpha value is -0.330. The van der Waals surface area contributed by atoms with Crippen molar-refractivity contribution in [2.75, 3.05) is 6.61 Å². The second kappa shape index (κ2) is 5.33. The first-order valence-corrected chi connectivity index (χ1v) is 7.53. The van der Waals surface area contributed by atoms with E-state index in [-0.39, 0.29) is 5.75 Å². The van der Waals surface area contributed by atoms with Crippen molar-refractivity contribution in [1.82, 2.24) is 0 Å². The third-order valence-corrected chi connectivity index (χ3v) is 3.67. The smallest absolute Gasteiger partial charge is 0.264 e. The summed E-state index contributed by atoms with van der Waals surface area (Å²) in [6.07, 6.45) is 0.767. The van der Waals surface area contributed by atoms with Crippen molar-refractivity contribution in [3.8, 4) is 5.75 Å². The fourth-order valence-electron chi connectivity index (χ4n) is 1.02. The number of halogens is 3. The Morgan fingerprint density at radius 1 is 1.50 bits per heavy atom. The summed E-state index contributed by atoms with van der Waals surface area (Å²) in [6, 6.07) is 2.08. The van der Waals surface area contributed by atoms with Crippen molar-refractivity contribution in [2.24, 2.45) is 0 Å². The molecule has 1 rings (SSSR count). The second-order valence-electron chi connectivity index (χ2n) is 3.00. The van der Waals surface area contributed by atoms with Gasteiger partial charge in [0.15, 0.2) is 0 Å². The maximum atomic E-state index is 13.4. The molecule has 0 aliphatic heterocycles. The maximum absolute atomic E-state index is 13.4. The lowest BCUT2D eigenvalue weighted by atomic mass is 10.3. The molecule has 1 aromatic rings. The molecule has 0 unspecified atom stereocenters. The van der Waals surface area contributed by atoms with Crippen LogP contribution in [-0.2, 0) is 9.05 Å². The van der Waals surface area contributed by atoms with Gasteiger partial charge in [-0.15, -0.1) is 0 Å². The van der Waals surface area contributed by atoms with Gasteiger partial charge >= 0.3 is 0 Å². The number of rotatable bonds is 4.